The summed E-state index contributed by atoms with van der Waals surface area (Å²) in [5.74, 6) is -0.123. The average molecular weight is 268 g/mol. The van der Waals surface area contributed by atoms with E-state index in [0.29, 0.717) is 17.0 Å². The number of primary amides is 1. The first-order valence-electron chi connectivity index (χ1n) is 6.71. The van der Waals surface area contributed by atoms with Crippen molar-refractivity contribution in [1.29, 1.82) is 0 Å². The maximum atomic E-state index is 11.9. The Labute approximate surface area is 119 Å². The minimum absolute atomic E-state index is 0.432. The van der Waals surface area contributed by atoms with Crippen LogP contribution < -0.4 is 11.5 Å². The molecule has 0 saturated carbocycles. The van der Waals surface area contributed by atoms with Crippen molar-refractivity contribution in [3.63, 3.8) is 0 Å². The van der Waals surface area contributed by atoms with Crippen LogP contribution in [0.1, 0.15) is 36.5 Å². The second-order valence-electron chi connectivity index (χ2n) is 5.31. The third-order valence-electron chi connectivity index (χ3n) is 3.65. The summed E-state index contributed by atoms with van der Waals surface area (Å²) in [7, 11) is 0. The fourth-order valence-electron chi connectivity index (χ4n) is 2.28. The molecule has 0 bridgehead atoms. The third kappa shape index (κ3) is 2.45. The Balaban J connectivity index is 2.51. The lowest BCUT2D eigenvalue weighted by molar-refractivity contribution is -0.122. The lowest BCUT2D eigenvalue weighted by Crippen LogP contribution is -2.50. The molecule has 2 rings (SSSR count). The van der Waals surface area contributed by atoms with Gasteiger partial charge in [-0.2, -0.15) is 0 Å². The molecule has 2 aromatic rings. The first-order chi connectivity index (χ1) is 9.46. The quantitative estimate of drug-likeness (QED) is 0.894. The van der Waals surface area contributed by atoms with Crippen molar-refractivity contribution in [3.05, 3.63) is 71.3 Å². The molecule has 0 aliphatic carbocycles. The smallest absolute Gasteiger partial charge is 0.246 e. The Bertz CT molecular complexity index is 590. The first-order valence-corrected chi connectivity index (χ1v) is 6.71. The van der Waals surface area contributed by atoms with Crippen molar-refractivity contribution in [2.45, 2.75) is 25.3 Å². The molecule has 0 aromatic heterocycles. The summed E-state index contributed by atoms with van der Waals surface area (Å²) >= 11 is 0. The summed E-state index contributed by atoms with van der Waals surface area (Å²) in [4.78, 5) is 11.9. The predicted molar refractivity (Wildman–Crippen MR) is 81.1 cm³/mol. The summed E-state index contributed by atoms with van der Waals surface area (Å²) < 4.78 is 0. The molecule has 1 unspecified atom stereocenters. The Morgan fingerprint density at radius 2 is 1.45 bits per heavy atom. The van der Waals surface area contributed by atoms with Crippen molar-refractivity contribution in [1.82, 2.24) is 0 Å². The summed E-state index contributed by atoms with van der Waals surface area (Å²) in [6.45, 7) is 4.24. The summed E-state index contributed by atoms with van der Waals surface area (Å²) in [5.41, 5.74) is 13.2. The molecule has 4 N–H and O–H groups in total. The highest BCUT2D eigenvalue weighted by atomic mass is 16.1. The van der Waals surface area contributed by atoms with Crippen LogP contribution in [-0.4, -0.2) is 5.91 Å². The van der Waals surface area contributed by atoms with Crippen molar-refractivity contribution >= 4 is 5.91 Å². The fraction of sp³-hybridized carbons (Fsp3) is 0.235. The molecule has 0 saturated heterocycles. The lowest BCUT2D eigenvalue weighted by Gasteiger charge is -2.27. The van der Waals surface area contributed by atoms with Crippen LogP contribution in [0, 0.1) is 0 Å². The van der Waals surface area contributed by atoms with Crippen molar-refractivity contribution in [2.75, 3.05) is 0 Å². The number of carbonyl (C=O) groups is 1. The van der Waals surface area contributed by atoms with Gasteiger partial charge in [-0.3, -0.25) is 4.79 Å². The molecule has 0 aliphatic rings. The van der Waals surface area contributed by atoms with Crippen LogP contribution in [-0.2, 0) is 10.3 Å². The lowest BCUT2D eigenvalue weighted by atomic mass is 9.82. The van der Waals surface area contributed by atoms with E-state index >= 15 is 0 Å². The van der Waals surface area contributed by atoms with Crippen LogP contribution in [0.2, 0.25) is 0 Å². The minimum Gasteiger partial charge on any atom is -0.367 e. The molecular weight excluding hydrogens is 248 g/mol. The van der Waals surface area contributed by atoms with Gasteiger partial charge in [-0.25, -0.2) is 0 Å². The predicted octanol–water partition coefficient (Wildman–Crippen LogP) is 2.50. The Morgan fingerprint density at radius 1 is 0.950 bits per heavy atom. The van der Waals surface area contributed by atoms with Gasteiger partial charge in [0.05, 0.1) is 0 Å². The van der Waals surface area contributed by atoms with Gasteiger partial charge < -0.3 is 11.5 Å². The molecule has 3 heteroatoms. The number of hydrogen-bond donors (Lipinski definition) is 2. The maximum Gasteiger partial charge on any atom is 0.246 e. The van der Waals surface area contributed by atoms with E-state index in [1.165, 1.54) is 5.56 Å². The summed E-state index contributed by atoms with van der Waals surface area (Å²) in [6, 6.07) is 17.0. The van der Waals surface area contributed by atoms with E-state index < -0.39 is 11.4 Å². The summed E-state index contributed by atoms with van der Waals surface area (Å²) in [6.07, 6.45) is 0. The van der Waals surface area contributed by atoms with Gasteiger partial charge in [0.25, 0.3) is 0 Å². The molecule has 1 atom stereocenters. The van der Waals surface area contributed by atoms with E-state index in [4.69, 9.17) is 11.5 Å². The highest BCUT2D eigenvalue weighted by molar-refractivity contribution is 5.89. The van der Waals surface area contributed by atoms with Crippen molar-refractivity contribution < 1.29 is 4.79 Å². The Kier molecular flexibility index (Phi) is 3.91. The SMILES string of the molecule is CC(C)c1ccc(C(N)(C(N)=O)c2ccccc2)cc1. The fourth-order valence-corrected chi connectivity index (χ4v) is 2.28. The normalized spacial score (nSPS) is 14.0. The molecule has 104 valence electrons. The van der Waals surface area contributed by atoms with Crippen LogP contribution in [0.3, 0.4) is 0 Å². The number of hydrogen-bond acceptors (Lipinski definition) is 2. The van der Waals surface area contributed by atoms with Crippen LogP contribution in [0.5, 0.6) is 0 Å². The number of nitrogens with two attached hydrogens (primary N) is 2. The summed E-state index contributed by atoms with van der Waals surface area (Å²) in [5, 5.41) is 0. The zero-order valence-corrected chi connectivity index (χ0v) is 11.8. The monoisotopic (exact) mass is 268 g/mol. The number of carbonyl (C=O) groups excluding carboxylic acids is 1. The van der Waals surface area contributed by atoms with Gasteiger partial charge in [0.2, 0.25) is 5.91 Å². The Hall–Kier alpha value is -2.13. The van der Waals surface area contributed by atoms with E-state index in [9.17, 15) is 4.79 Å². The zero-order valence-electron chi connectivity index (χ0n) is 11.8. The number of amides is 1. The van der Waals surface area contributed by atoms with Crippen LogP contribution in [0.4, 0.5) is 0 Å². The van der Waals surface area contributed by atoms with Crippen molar-refractivity contribution in [3.8, 4) is 0 Å². The molecule has 3 nitrogen and oxygen atoms in total. The first kappa shape index (κ1) is 14.3. The van der Waals surface area contributed by atoms with Crippen LogP contribution >= 0.6 is 0 Å². The maximum absolute atomic E-state index is 11.9. The third-order valence-corrected chi connectivity index (χ3v) is 3.65. The van der Waals surface area contributed by atoms with Gasteiger partial charge in [-0.15, -0.1) is 0 Å². The molecule has 0 radical (unpaired) electrons. The van der Waals surface area contributed by atoms with Crippen molar-refractivity contribution in [2.24, 2.45) is 11.5 Å². The molecule has 0 fully saturated rings. The van der Waals surface area contributed by atoms with Gasteiger partial charge in [-0.05, 0) is 22.6 Å². The minimum atomic E-state index is -1.29. The van der Waals surface area contributed by atoms with E-state index in [1.807, 2.05) is 54.6 Å². The van der Waals surface area contributed by atoms with E-state index in [-0.39, 0.29) is 0 Å². The number of rotatable bonds is 4. The molecule has 0 spiro atoms. The van der Waals surface area contributed by atoms with Crippen LogP contribution in [0.15, 0.2) is 54.6 Å². The molecule has 2 aromatic carbocycles. The van der Waals surface area contributed by atoms with Crippen LogP contribution in [0.25, 0.3) is 0 Å². The van der Waals surface area contributed by atoms with Gasteiger partial charge >= 0.3 is 0 Å². The molecule has 0 heterocycles. The van der Waals surface area contributed by atoms with E-state index in [0.717, 1.165) is 0 Å². The van der Waals surface area contributed by atoms with E-state index in [1.54, 1.807) is 0 Å². The zero-order chi connectivity index (χ0) is 14.8. The largest absolute Gasteiger partial charge is 0.367 e. The molecule has 0 aliphatic heterocycles. The number of benzene rings is 2. The molecular formula is C17H20N2O. The molecule has 20 heavy (non-hydrogen) atoms. The van der Waals surface area contributed by atoms with Gasteiger partial charge in [0.1, 0.15) is 5.54 Å². The second kappa shape index (κ2) is 5.47. The average Bonchev–Trinajstić information content (AvgIpc) is 2.47. The highest BCUT2D eigenvalue weighted by Gasteiger charge is 2.35. The second-order valence-corrected chi connectivity index (χ2v) is 5.31. The van der Waals surface area contributed by atoms with Gasteiger partial charge in [0.15, 0.2) is 0 Å². The topological polar surface area (TPSA) is 69.1 Å². The standard InChI is InChI=1S/C17H20N2O/c1-12(2)13-8-10-15(11-9-13)17(19,16(18)20)14-6-4-3-5-7-14/h3-12H,19H2,1-2H3,(H2,18,20). The van der Waals surface area contributed by atoms with Gasteiger partial charge in [-0.1, -0.05) is 68.4 Å². The highest BCUT2D eigenvalue weighted by Crippen LogP contribution is 2.28. The van der Waals surface area contributed by atoms with E-state index in [2.05, 4.69) is 13.8 Å². The van der Waals surface area contributed by atoms with Gasteiger partial charge in [0, 0.05) is 0 Å². The Morgan fingerprint density at radius 3 is 1.90 bits per heavy atom. The molecule has 1 amide bonds.